The second-order valence-corrected chi connectivity index (χ2v) is 6.04. The van der Waals surface area contributed by atoms with E-state index in [1.165, 1.54) is 7.05 Å². The lowest BCUT2D eigenvalue weighted by Crippen LogP contribution is -2.52. The Hall–Kier alpha value is -2.36. The van der Waals surface area contributed by atoms with Crippen LogP contribution in [0, 0.1) is 10.8 Å². The van der Waals surface area contributed by atoms with Crippen LogP contribution >= 0.6 is 0 Å². The number of allylic oxidation sites excluding steroid dienone is 3. The Morgan fingerprint density at radius 2 is 1.86 bits per heavy atom. The van der Waals surface area contributed by atoms with Crippen LogP contribution in [0.3, 0.4) is 0 Å². The minimum Gasteiger partial charge on any atom is -0.481 e. The zero-order valence-corrected chi connectivity index (χ0v) is 13.1. The van der Waals surface area contributed by atoms with Gasteiger partial charge in [0.25, 0.3) is 0 Å². The molecule has 0 radical (unpaired) electrons. The number of carbonyl (C=O) groups excluding carboxylic acids is 1. The van der Waals surface area contributed by atoms with E-state index in [9.17, 15) is 14.7 Å². The predicted octanol–water partition coefficient (Wildman–Crippen LogP) is 2.87. The summed E-state index contributed by atoms with van der Waals surface area (Å²) in [5, 5.41) is 12.2. The lowest BCUT2D eigenvalue weighted by molar-refractivity contribution is -0.158. The van der Waals surface area contributed by atoms with E-state index in [0.29, 0.717) is 6.42 Å². The number of hydrogen-bond donors (Lipinski definition) is 2. The van der Waals surface area contributed by atoms with Gasteiger partial charge < -0.3 is 10.4 Å². The molecule has 0 fully saturated rings. The molecule has 0 saturated carbocycles. The summed E-state index contributed by atoms with van der Waals surface area (Å²) in [4.78, 5) is 24.1. The molecule has 2 rings (SSSR count). The molecular weight excluding hydrogens is 278 g/mol. The number of aliphatic carboxylic acids is 1. The zero-order chi connectivity index (χ0) is 16.4. The minimum atomic E-state index is -1.21. The van der Waals surface area contributed by atoms with E-state index < -0.39 is 16.8 Å². The Kier molecular flexibility index (Phi) is 4.22. The number of benzene rings is 1. The standard InChI is InChI=1S/C18H21NO3/c1-17(2,16(21)22)18(15(20)19-3)11-9-14(10-12-18)13-7-5-4-6-8-13/h4-11H,12H2,1-3H3,(H,19,20)(H,21,22). The van der Waals surface area contributed by atoms with Crippen LogP contribution in [0.5, 0.6) is 0 Å². The Morgan fingerprint density at radius 1 is 1.23 bits per heavy atom. The molecule has 0 aromatic heterocycles. The van der Waals surface area contributed by atoms with Crippen LogP contribution in [0.4, 0.5) is 0 Å². The molecule has 1 aromatic rings. The summed E-state index contributed by atoms with van der Waals surface area (Å²) in [7, 11) is 1.53. The van der Waals surface area contributed by atoms with Crippen LogP contribution in [0.15, 0.2) is 48.6 Å². The maximum absolute atomic E-state index is 12.4. The topological polar surface area (TPSA) is 66.4 Å². The molecule has 0 aliphatic heterocycles. The lowest BCUT2D eigenvalue weighted by Gasteiger charge is -2.41. The van der Waals surface area contributed by atoms with Gasteiger partial charge in [-0.25, -0.2) is 0 Å². The van der Waals surface area contributed by atoms with Crippen molar-refractivity contribution in [1.82, 2.24) is 5.32 Å². The number of carbonyl (C=O) groups is 2. The van der Waals surface area contributed by atoms with Crippen molar-refractivity contribution in [2.45, 2.75) is 20.3 Å². The van der Waals surface area contributed by atoms with Crippen LogP contribution < -0.4 is 5.32 Å². The Morgan fingerprint density at radius 3 is 2.32 bits per heavy atom. The van der Waals surface area contributed by atoms with Crippen molar-refractivity contribution in [3.63, 3.8) is 0 Å². The van der Waals surface area contributed by atoms with Gasteiger partial charge >= 0.3 is 5.97 Å². The van der Waals surface area contributed by atoms with Crippen LogP contribution in [0.1, 0.15) is 25.8 Å². The first-order chi connectivity index (χ1) is 10.3. The van der Waals surface area contributed by atoms with Crippen LogP contribution in [-0.2, 0) is 9.59 Å². The molecule has 4 nitrogen and oxygen atoms in total. The largest absolute Gasteiger partial charge is 0.481 e. The van der Waals surface area contributed by atoms with Crippen molar-refractivity contribution in [3.05, 3.63) is 54.1 Å². The third-order valence-electron chi connectivity index (χ3n) is 4.58. The number of hydrogen-bond acceptors (Lipinski definition) is 2. The molecular formula is C18H21NO3. The molecule has 1 unspecified atom stereocenters. The van der Waals surface area contributed by atoms with Crippen molar-refractivity contribution in [1.29, 1.82) is 0 Å². The SMILES string of the molecule is CNC(=O)C1(C(C)(C)C(=O)O)C=CC(c2ccccc2)=CC1. The third-order valence-corrected chi connectivity index (χ3v) is 4.58. The maximum atomic E-state index is 12.4. The highest BCUT2D eigenvalue weighted by molar-refractivity contribution is 5.94. The van der Waals surface area contributed by atoms with E-state index >= 15 is 0 Å². The van der Waals surface area contributed by atoms with E-state index in [-0.39, 0.29) is 5.91 Å². The molecule has 22 heavy (non-hydrogen) atoms. The molecule has 116 valence electrons. The average molecular weight is 299 g/mol. The van der Waals surface area contributed by atoms with Gasteiger partial charge in [-0.05, 0) is 31.4 Å². The van der Waals surface area contributed by atoms with Crippen LogP contribution in [0.2, 0.25) is 0 Å². The number of carboxylic acid groups (broad SMARTS) is 1. The third kappa shape index (κ3) is 2.45. The van der Waals surface area contributed by atoms with Gasteiger partial charge in [0.15, 0.2) is 0 Å². The lowest BCUT2D eigenvalue weighted by atomic mass is 9.61. The van der Waals surface area contributed by atoms with E-state index in [4.69, 9.17) is 0 Å². The highest BCUT2D eigenvalue weighted by Gasteiger charge is 2.53. The average Bonchev–Trinajstić information content (AvgIpc) is 2.54. The smallest absolute Gasteiger partial charge is 0.310 e. The van der Waals surface area contributed by atoms with E-state index in [2.05, 4.69) is 5.32 Å². The first-order valence-electron chi connectivity index (χ1n) is 7.25. The van der Waals surface area contributed by atoms with Crippen molar-refractivity contribution in [2.24, 2.45) is 10.8 Å². The second kappa shape index (κ2) is 5.79. The number of nitrogens with one attached hydrogen (secondary N) is 1. The highest BCUT2D eigenvalue weighted by atomic mass is 16.4. The van der Waals surface area contributed by atoms with Gasteiger partial charge in [-0.15, -0.1) is 0 Å². The Labute approximate surface area is 130 Å². The first-order valence-corrected chi connectivity index (χ1v) is 7.25. The number of rotatable bonds is 4. The number of amides is 1. The van der Waals surface area contributed by atoms with E-state index in [0.717, 1.165) is 11.1 Å². The van der Waals surface area contributed by atoms with Gasteiger partial charge in [-0.3, -0.25) is 9.59 Å². The molecule has 0 saturated heterocycles. The molecule has 1 aromatic carbocycles. The van der Waals surface area contributed by atoms with Gasteiger partial charge in [0.2, 0.25) is 5.91 Å². The van der Waals surface area contributed by atoms with Gasteiger partial charge in [0.05, 0.1) is 10.8 Å². The molecule has 2 N–H and O–H groups in total. The molecule has 0 bridgehead atoms. The predicted molar refractivity (Wildman–Crippen MR) is 86.1 cm³/mol. The van der Waals surface area contributed by atoms with E-state index in [1.807, 2.05) is 42.5 Å². The summed E-state index contributed by atoms with van der Waals surface area (Å²) in [6, 6.07) is 9.83. The van der Waals surface area contributed by atoms with Crippen LogP contribution in [-0.4, -0.2) is 24.0 Å². The second-order valence-electron chi connectivity index (χ2n) is 6.04. The summed E-state index contributed by atoms with van der Waals surface area (Å²) in [5.41, 5.74) is -0.243. The van der Waals surface area contributed by atoms with Crippen molar-refractivity contribution >= 4 is 17.4 Å². The van der Waals surface area contributed by atoms with Crippen molar-refractivity contribution in [3.8, 4) is 0 Å². The molecule has 1 atom stereocenters. The number of carboxylic acids is 1. The van der Waals surface area contributed by atoms with Crippen LogP contribution in [0.25, 0.3) is 5.57 Å². The maximum Gasteiger partial charge on any atom is 0.310 e. The fraction of sp³-hybridized carbons (Fsp3) is 0.333. The molecule has 1 aliphatic carbocycles. The van der Waals surface area contributed by atoms with Gasteiger partial charge in [0.1, 0.15) is 0 Å². The zero-order valence-electron chi connectivity index (χ0n) is 13.1. The fourth-order valence-corrected chi connectivity index (χ4v) is 2.81. The monoisotopic (exact) mass is 299 g/mol. The molecule has 1 amide bonds. The quantitative estimate of drug-likeness (QED) is 0.898. The normalized spacial score (nSPS) is 21.1. The van der Waals surface area contributed by atoms with Gasteiger partial charge in [-0.1, -0.05) is 48.6 Å². The Bertz CT molecular complexity index is 644. The summed E-state index contributed by atoms with van der Waals surface area (Å²) in [5.74, 6) is -1.27. The summed E-state index contributed by atoms with van der Waals surface area (Å²) >= 11 is 0. The summed E-state index contributed by atoms with van der Waals surface area (Å²) < 4.78 is 0. The Balaban J connectivity index is 2.42. The summed E-state index contributed by atoms with van der Waals surface area (Å²) in [6.07, 6.45) is 5.88. The first kappa shape index (κ1) is 16.0. The van der Waals surface area contributed by atoms with Crippen molar-refractivity contribution in [2.75, 3.05) is 7.05 Å². The minimum absolute atomic E-state index is 0.278. The van der Waals surface area contributed by atoms with E-state index in [1.54, 1.807) is 19.9 Å². The highest BCUT2D eigenvalue weighted by Crippen LogP contribution is 2.47. The molecule has 1 aliphatic rings. The summed E-state index contributed by atoms with van der Waals surface area (Å²) in [6.45, 7) is 3.19. The van der Waals surface area contributed by atoms with Crippen molar-refractivity contribution < 1.29 is 14.7 Å². The fourth-order valence-electron chi connectivity index (χ4n) is 2.81. The van der Waals surface area contributed by atoms with Gasteiger partial charge in [0, 0.05) is 7.05 Å². The molecule has 4 heteroatoms. The molecule has 0 heterocycles. The van der Waals surface area contributed by atoms with Gasteiger partial charge in [-0.2, -0.15) is 0 Å². The molecule has 0 spiro atoms.